The third kappa shape index (κ3) is 7.37. The van der Waals surface area contributed by atoms with Crippen LogP contribution in [-0.4, -0.2) is 51.2 Å². The van der Waals surface area contributed by atoms with Gasteiger partial charge >= 0.3 is 223 Å². The molecular weight excluding hydrogens is 653 g/mol. The second-order valence-corrected chi connectivity index (χ2v) is 34.6. The zero-order chi connectivity index (χ0) is 23.1. The number of benzene rings is 2. The number of ether oxygens (including phenoxy) is 4. The molecule has 0 atom stereocenters. The zero-order valence-corrected chi connectivity index (χ0v) is 26.6. The van der Waals surface area contributed by atoms with E-state index in [2.05, 4.69) is 24.3 Å². The van der Waals surface area contributed by atoms with Crippen molar-refractivity contribution >= 4 is 82.8 Å². The van der Waals surface area contributed by atoms with Gasteiger partial charge in [0.2, 0.25) is 0 Å². The molecule has 0 aliphatic carbocycles. The fraction of sp³-hybridized carbons (Fsp3) is 0.400. The molecule has 32 heavy (non-hydrogen) atoms. The average Bonchev–Trinajstić information content (AvgIpc) is 2.82. The summed E-state index contributed by atoms with van der Waals surface area (Å²) in [5.74, 6) is 6.64. The van der Waals surface area contributed by atoms with E-state index in [0.717, 1.165) is 68.3 Å². The summed E-state index contributed by atoms with van der Waals surface area (Å²) in [6, 6.07) is 8.33. The second-order valence-electron chi connectivity index (χ2n) is 6.47. The Labute approximate surface area is 220 Å². The molecule has 0 amide bonds. The van der Waals surface area contributed by atoms with E-state index in [1.165, 1.54) is 0 Å². The molecule has 0 fully saturated rings. The minimum absolute atomic E-state index is 0.784. The molecule has 0 spiro atoms. The van der Waals surface area contributed by atoms with Gasteiger partial charge in [-0.2, -0.15) is 0 Å². The van der Waals surface area contributed by atoms with Crippen LogP contribution in [0.4, 0.5) is 0 Å². The average molecular weight is 677 g/mol. The first-order chi connectivity index (χ1) is 15.5. The fourth-order valence-electron chi connectivity index (χ4n) is 3.06. The van der Waals surface area contributed by atoms with Crippen molar-refractivity contribution < 1.29 is 18.9 Å². The molecule has 4 aliphatic heterocycles. The quantitative estimate of drug-likeness (QED) is 0.327. The van der Waals surface area contributed by atoms with Gasteiger partial charge in [0.25, 0.3) is 0 Å². The first-order valence-electron chi connectivity index (χ1n) is 9.40. The predicted molar refractivity (Wildman–Crippen MR) is 147 cm³/mol. The Morgan fingerprint density at radius 3 is 0.938 bits per heavy atom. The van der Waals surface area contributed by atoms with E-state index in [-0.39, 0.29) is 0 Å². The number of rotatable bonds is 4. The standard InChI is InChI=1S/C20H24As2Cl2O4S4/c1-25-17-5-14-10-30-22(24)32-12-16-8-19(27-3)15(7-20(16)28-4)11-31-21(23)29-9-13(17)6-18(14)26-2/h5-8H,9-12H2,1-4H3. The van der Waals surface area contributed by atoms with Crippen LogP contribution in [0.5, 0.6) is 23.0 Å². The van der Waals surface area contributed by atoms with Crippen molar-refractivity contribution in [3.05, 3.63) is 46.5 Å². The van der Waals surface area contributed by atoms with E-state index in [1.54, 1.807) is 68.5 Å². The SMILES string of the molecule is COc1cc2c(OC)cc1CS[As](Cl)SCc1cc(OC)c(cc1OC)CS[As](Cl)SC2. The first-order valence-corrected chi connectivity index (χ1v) is 27.3. The minimum atomic E-state index is -1.68. The van der Waals surface area contributed by atoms with Crippen LogP contribution in [-0.2, 0) is 23.0 Å². The second kappa shape index (κ2) is 13.7. The van der Waals surface area contributed by atoms with Crippen molar-refractivity contribution in [2.24, 2.45) is 0 Å². The monoisotopic (exact) mass is 676 g/mol. The summed E-state index contributed by atoms with van der Waals surface area (Å²) in [6.45, 7) is 0. The molecule has 0 N–H and O–H groups in total. The number of halogens is 2. The summed E-state index contributed by atoms with van der Waals surface area (Å²) in [5, 5.41) is 0. The Morgan fingerprint density at radius 2 is 0.750 bits per heavy atom. The molecule has 0 saturated heterocycles. The Balaban J connectivity index is 1.92. The molecule has 2 aromatic rings. The van der Waals surface area contributed by atoms with E-state index in [9.17, 15) is 0 Å². The van der Waals surface area contributed by atoms with E-state index in [0.29, 0.717) is 0 Å². The zero-order valence-electron chi connectivity index (χ0n) is 18.1. The summed E-state index contributed by atoms with van der Waals surface area (Å²) >= 11 is -3.35. The van der Waals surface area contributed by atoms with Gasteiger partial charge in [0.05, 0.1) is 0 Å². The first kappa shape index (κ1) is 27.3. The summed E-state index contributed by atoms with van der Waals surface area (Å²) in [7, 11) is 27.6. The van der Waals surface area contributed by atoms with Crippen LogP contribution in [0.15, 0.2) is 24.3 Å². The van der Waals surface area contributed by atoms with E-state index >= 15 is 0 Å². The van der Waals surface area contributed by atoms with Crippen LogP contribution in [0.2, 0.25) is 0 Å². The Morgan fingerprint density at radius 1 is 0.531 bits per heavy atom. The van der Waals surface area contributed by atoms with Gasteiger partial charge in [-0.3, -0.25) is 0 Å². The van der Waals surface area contributed by atoms with Crippen molar-refractivity contribution in [3.63, 3.8) is 0 Å². The molecular formula is C20H24As2Cl2O4S4. The number of methoxy groups -OCH3 is 4. The van der Waals surface area contributed by atoms with Crippen LogP contribution in [0.1, 0.15) is 22.3 Å². The van der Waals surface area contributed by atoms with Gasteiger partial charge in [0.1, 0.15) is 0 Å². The van der Waals surface area contributed by atoms with Gasteiger partial charge in [-0.25, -0.2) is 0 Å². The van der Waals surface area contributed by atoms with Crippen LogP contribution >= 0.6 is 60.0 Å². The van der Waals surface area contributed by atoms with Crippen LogP contribution in [0.3, 0.4) is 0 Å². The summed E-state index contributed by atoms with van der Waals surface area (Å²) < 4.78 is 22.7. The molecule has 176 valence electrons. The Kier molecular flexibility index (Phi) is 11.7. The Hall–Kier alpha value is 0.737. The molecule has 0 saturated carbocycles. The van der Waals surface area contributed by atoms with Crippen molar-refractivity contribution in [2.75, 3.05) is 28.4 Å². The van der Waals surface area contributed by atoms with E-state index in [1.807, 2.05) is 0 Å². The van der Waals surface area contributed by atoms with Gasteiger partial charge in [-0.05, 0) is 0 Å². The molecule has 6 rings (SSSR count). The molecule has 12 heteroatoms. The van der Waals surface area contributed by atoms with Crippen LogP contribution < -0.4 is 18.9 Å². The van der Waals surface area contributed by atoms with E-state index < -0.39 is 22.8 Å². The number of hydrogen-bond donors (Lipinski definition) is 0. The molecule has 0 radical (unpaired) electrons. The molecule has 2 aromatic carbocycles. The van der Waals surface area contributed by atoms with E-state index in [4.69, 9.17) is 38.8 Å². The summed E-state index contributed by atoms with van der Waals surface area (Å²) in [4.78, 5) is 0. The third-order valence-electron chi connectivity index (χ3n) is 4.65. The topological polar surface area (TPSA) is 36.9 Å². The van der Waals surface area contributed by atoms with Crippen molar-refractivity contribution in [1.29, 1.82) is 0 Å². The van der Waals surface area contributed by atoms with Gasteiger partial charge in [0.15, 0.2) is 0 Å². The summed E-state index contributed by atoms with van der Waals surface area (Å²) in [6.07, 6.45) is 0. The number of hydrogen-bond acceptors (Lipinski definition) is 8. The predicted octanol–water partition coefficient (Wildman–Crippen LogP) is 6.82. The normalized spacial score (nSPS) is 19.8. The molecule has 0 aromatic heterocycles. The maximum absolute atomic E-state index is 6.79. The van der Waals surface area contributed by atoms with Gasteiger partial charge in [-0.1, -0.05) is 0 Å². The molecule has 4 bridgehead atoms. The molecule has 4 nitrogen and oxygen atoms in total. The molecule has 4 heterocycles. The van der Waals surface area contributed by atoms with Crippen LogP contribution in [0.25, 0.3) is 0 Å². The molecule has 0 unspecified atom stereocenters. The van der Waals surface area contributed by atoms with Gasteiger partial charge < -0.3 is 0 Å². The summed E-state index contributed by atoms with van der Waals surface area (Å²) in [5.41, 5.74) is 4.40. The van der Waals surface area contributed by atoms with Gasteiger partial charge in [-0.15, -0.1) is 0 Å². The Bertz CT molecular complexity index is 781. The van der Waals surface area contributed by atoms with Crippen LogP contribution in [0, 0.1) is 0 Å². The van der Waals surface area contributed by atoms with Crippen molar-refractivity contribution in [2.45, 2.75) is 23.0 Å². The molecule has 4 aliphatic rings. The van der Waals surface area contributed by atoms with Crippen molar-refractivity contribution in [3.8, 4) is 23.0 Å². The third-order valence-corrected chi connectivity index (χ3v) is 28.2. The maximum atomic E-state index is 6.79. The van der Waals surface area contributed by atoms with Crippen molar-refractivity contribution in [1.82, 2.24) is 0 Å². The fourth-order valence-corrected chi connectivity index (χ4v) is 20.7. The van der Waals surface area contributed by atoms with Gasteiger partial charge in [0, 0.05) is 0 Å².